The summed E-state index contributed by atoms with van der Waals surface area (Å²) >= 11 is 5.61. The molecule has 1 fully saturated rings. The Labute approximate surface area is 128 Å². The molecule has 1 aliphatic heterocycles. The second-order valence-electron chi connectivity index (χ2n) is 5.17. The summed E-state index contributed by atoms with van der Waals surface area (Å²) < 4.78 is 0.826. The third kappa shape index (κ3) is 2.88. The van der Waals surface area contributed by atoms with Crippen molar-refractivity contribution in [1.82, 2.24) is 9.30 Å². The van der Waals surface area contributed by atoms with Crippen LogP contribution in [0, 0.1) is 6.92 Å². The van der Waals surface area contributed by atoms with Crippen LogP contribution in [-0.4, -0.2) is 35.5 Å². The van der Waals surface area contributed by atoms with Crippen molar-refractivity contribution in [3.63, 3.8) is 0 Å². The van der Waals surface area contributed by atoms with Gasteiger partial charge < -0.3 is 9.80 Å². The number of anilines is 2. The van der Waals surface area contributed by atoms with Crippen LogP contribution in [0.1, 0.15) is 5.56 Å². The summed E-state index contributed by atoms with van der Waals surface area (Å²) in [5.41, 5.74) is 3.11. The highest BCUT2D eigenvalue weighted by atomic mass is 35.5. The van der Waals surface area contributed by atoms with Crippen LogP contribution in [0.2, 0.25) is 0 Å². The Bertz CT molecular complexity index is 692. The van der Waals surface area contributed by atoms with E-state index in [0.29, 0.717) is 0 Å². The van der Waals surface area contributed by atoms with Crippen LogP contribution in [0.15, 0.2) is 41.3 Å². The number of benzene rings is 1. The Morgan fingerprint density at radius 2 is 1.76 bits per heavy atom. The van der Waals surface area contributed by atoms with Gasteiger partial charge in [-0.25, -0.2) is 0 Å². The van der Waals surface area contributed by atoms with Crippen LogP contribution in [0.3, 0.4) is 0 Å². The van der Waals surface area contributed by atoms with E-state index in [0.717, 1.165) is 36.1 Å². The fourth-order valence-corrected chi connectivity index (χ4v) is 2.77. The molecule has 0 spiro atoms. The smallest absolute Gasteiger partial charge is 0.284 e. The molecule has 3 rings (SSSR count). The van der Waals surface area contributed by atoms with Crippen molar-refractivity contribution in [2.24, 2.45) is 0 Å². The summed E-state index contributed by atoms with van der Waals surface area (Å²) in [7, 11) is 0. The van der Waals surface area contributed by atoms with E-state index >= 15 is 0 Å². The molecule has 2 aromatic rings. The van der Waals surface area contributed by atoms with Crippen LogP contribution in [0.5, 0.6) is 0 Å². The van der Waals surface area contributed by atoms with E-state index in [4.69, 9.17) is 11.8 Å². The Hall–Kier alpha value is -2.01. The maximum absolute atomic E-state index is 11.5. The molecule has 0 saturated carbocycles. The van der Waals surface area contributed by atoms with Gasteiger partial charge in [-0.3, -0.25) is 4.79 Å². The number of rotatable bonds is 2. The largest absolute Gasteiger partial charge is 0.368 e. The molecule has 110 valence electrons. The fourth-order valence-electron chi connectivity index (χ4n) is 2.68. The Morgan fingerprint density at radius 1 is 1.10 bits per heavy atom. The third-order valence-corrected chi connectivity index (χ3v) is 4.10. The minimum Gasteiger partial charge on any atom is -0.368 e. The van der Waals surface area contributed by atoms with Crippen LogP contribution >= 0.6 is 11.8 Å². The molecule has 6 heteroatoms. The van der Waals surface area contributed by atoms with Gasteiger partial charge in [0.15, 0.2) is 0 Å². The molecule has 0 aliphatic carbocycles. The summed E-state index contributed by atoms with van der Waals surface area (Å²) in [4.78, 5) is 16.1. The van der Waals surface area contributed by atoms with Gasteiger partial charge in [-0.15, -0.1) is 4.20 Å². The number of halogens is 1. The Balaban J connectivity index is 1.72. The molecule has 1 aromatic heterocycles. The van der Waals surface area contributed by atoms with Gasteiger partial charge in [-0.2, -0.15) is 5.10 Å². The van der Waals surface area contributed by atoms with E-state index in [1.807, 2.05) is 0 Å². The van der Waals surface area contributed by atoms with Crippen molar-refractivity contribution in [3.8, 4) is 0 Å². The standard InChI is InChI=1S/C15H17ClN4O/c1-12-4-2-3-5-14(12)19-8-6-18(7-9-19)13-10-15(21)20(16)17-11-13/h2-5,10-11H,6-9H2,1H3. The molecule has 2 heterocycles. The number of piperazine rings is 1. The Kier molecular flexibility index (Phi) is 3.84. The normalized spacial score (nSPS) is 15.3. The van der Waals surface area contributed by atoms with Crippen molar-refractivity contribution in [1.29, 1.82) is 0 Å². The lowest BCUT2D eigenvalue weighted by molar-refractivity contribution is 0.649. The van der Waals surface area contributed by atoms with Crippen molar-refractivity contribution in [2.75, 3.05) is 36.0 Å². The molecule has 1 aliphatic rings. The number of para-hydroxylation sites is 1. The lowest BCUT2D eigenvalue weighted by Gasteiger charge is -2.37. The quantitative estimate of drug-likeness (QED) is 0.849. The molecule has 1 aromatic carbocycles. The molecule has 0 amide bonds. The lowest BCUT2D eigenvalue weighted by Crippen LogP contribution is -2.47. The van der Waals surface area contributed by atoms with Crippen LogP contribution in [0.25, 0.3) is 0 Å². The second kappa shape index (κ2) is 5.77. The van der Waals surface area contributed by atoms with Crippen LogP contribution < -0.4 is 15.4 Å². The highest BCUT2D eigenvalue weighted by molar-refractivity contribution is 6.14. The fraction of sp³-hybridized carbons (Fsp3) is 0.333. The summed E-state index contributed by atoms with van der Waals surface area (Å²) in [6.45, 7) is 5.71. The molecule has 0 atom stereocenters. The van der Waals surface area contributed by atoms with Crippen LogP contribution in [-0.2, 0) is 0 Å². The maximum Gasteiger partial charge on any atom is 0.284 e. The monoisotopic (exact) mass is 304 g/mol. The summed E-state index contributed by atoms with van der Waals surface area (Å²) in [5.74, 6) is 0. The number of hydrogen-bond acceptors (Lipinski definition) is 4. The summed E-state index contributed by atoms with van der Waals surface area (Å²) in [5, 5.41) is 3.86. The third-order valence-electron chi connectivity index (χ3n) is 3.85. The molecular weight excluding hydrogens is 288 g/mol. The number of hydrogen-bond donors (Lipinski definition) is 0. The van der Waals surface area contributed by atoms with E-state index in [9.17, 15) is 4.79 Å². The first-order valence-electron chi connectivity index (χ1n) is 6.96. The van der Waals surface area contributed by atoms with Gasteiger partial charge in [0.1, 0.15) is 0 Å². The topological polar surface area (TPSA) is 41.4 Å². The zero-order valence-electron chi connectivity index (χ0n) is 11.9. The average Bonchev–Trinajstić information content (AvgIpc) is 2.51. The zero-order chi connectivity index (χ0) is 14.8. The first-order chi connectivity index (χ1) is 10.1. The van der Waals surface area contributed by atoms with E-state index in [1.54, 1.807) is 6.20 Å². The van der Waals surface area contributed by atoms with Gasteiger partial charge in [-0.05, 0) is 18.6 Å². The van der Waals surface area contributed by atoms with Gasteiger partial charge in [0.2, 0.25) is 0 Å². The second-order valence-corrected chi connectivity index (χ2v) is 5.49. The van der Waals surface area contributed by atoms with Crippen molar-refractivity contribution in [3.05, 3.63) is 52.4 Å². The average molecular weight is 305 g/mol. The number of aryl methyl sites for hydroxylation is 1. The highest BCUT2D eigenvalue weighted by Crippen LogP contribution is 2.22. The molecule has 0 bridgehead atoms. The van der Waals surface area contributed by atoms with E-state index in [1.165, 1.54) is 17.3 Å². The molecule has 0 radical (unpaired) electrons. The predicted molar refractivity (Wildman–Crippen MR) is 85.4 cm³/mol. The zero-order valence-corrected chi connectivity index (χ0v) is 12.6. The number of nitrogens with zero attached hydrogens (tertiary/aromatic N) is 4. The molecular formula is C15H17ClN4O. The highest BCUT2D eigenvalue weighted by Gasteiger charge is 2.19. The van der Waals surface area contributed by atoms with Crippen molar-refractivity contribution in [2.45, 2.75) is 6.92 Å². The van der Waals surface area contributed by atoms with Gasteiger partial charge in [0.05, 0.1) is 11.9 Å². The SMILES string of the molecule is Cc1ccccc1N1CCN(c2cnn(Cl)c(=O)c2)CC1. The van der Waals surface area contributed by atoms with Crippen molar-refractivity contribution >= 4 is 23.2 Å². The van der Waals surface area contributed by atoms with E-state index in [-0.39, 0.29) is 5.56 Å². The van der Waals surface area contributed by atoms with Gasteiger partial charge in [0, 0.05) is 49.7 Å². The molecule has 21 heavy (non-hydrogen) atoms. The molecule has 1 saturated heterocycles. The number of aromatic nitrogens is 2. The minimum absolute atomic E-state index is 0.296. The summed E-state index contributed by atoms with van der Waals surface area (Å²) in [6, 6.07) is 9.94. The maximum atomic E-state index is 11.5. The molecule has 5 nitrogen and oxygen atoms in total. The first-order valence-corrected chi connectivity index (χ1v) is 7.30. The van der Waals surface area contributed by atoms with Gasteiger partial charge >= 0.3 is 0 Å². The first kappa shape index (κ1) is 13.9. The predicted octanol–water partition coefficient (Wildman–Crippen LogP) is 1.88. The van der Waals surface area contributed by atoms with Gasteiger partial charge in [-0.1, -0.05) is 18.2 Å². The lowest BCUT2D eigenvalue weighted by atomic mass is 10.1. The van der Waals surface area contributed by atoms with Gasteiger partial charge in [0.25, 0.3) is 5.56 Å². The van der Waals surface area contributed by atoms with Crippen molar-refractivity contribution < 1.29 is 0 Å². The summed E-state index contributed by atoms with van der Waals surface area (Å²) in [6.07, 6.45) is 1.64. The van der Waals surface area contributed by atoms with E-state index in [2.05, 4.69) is 46.1 Å². The minimum atomic E-state index is -0.296. The van der Waals surface area contributed by atoms with E-state index < -0.39 is 0 Å². The van der Waals surface area contributed by atoms with Crippen LogP contribution in [0.4, 0.5) is 11.4 Å². The molecule has 0 unspecified atom stereocenters. The molecule has 0 N–H and O–H groups in total. The Morgan fingerprint density at radius 3 is 2.43 bits per heavy atom.